The van der Waals surface area contributed by atoms with E-state index in [0.29, 0.717) is 0 Å². The molecule has 1 aromatic heterocycles. The monoisotopic (exact) mass is 243 g/mol. The summed E-state index contributed by atoms with van der Waals surface area (Å²) >= 11 is 1.57. The van der Waals surface area contributed by atoms with Gasteiger partial charge >= 0.3 is 0 Å². The van der Waals surface area contributed by atoms with E-state index in [1.54, 1.807) is 11.3 Å². The number of hydrogen-bond donors (Lipinski definition) is 1. The molecule has 3 rings (SSSR count). The zero-order valence-corrected chi connectivity index (χ0v) is 10.2. The van der Waals surface area contributed by atoms with Crippen molar-refractivity contribution in [3.05, 3.63) is 52.2 Å². The van der Waals surface area contributed by atoms with Crippen molar-refractivity contribution >= 4 is 22.8 Å². The second-order valence-electron chi connectivity index (χ2n) is 4.55. The van der Waals surface area contributed by atoms with Crippen molar-refractivity contribution < 1.29 is 4.79 Å². The van der Waals surface area contributed by atoms with Gasteiger partial charge in [-0.3, -0.25) is 4.79 Å². The van der Waals surface area contributed by atoms with Gasteiger partial charge in [0, 0.05) is 16.6 Å². The highest BCUT2D eigenvalue weighted by Crippen LogP contribution is 2.50. The molecule has 0 saturated heterocycles. The fourth-order valence-electron chi connectivity index (χ4n) is 2.24. The molecule has 3 heteroatoms. The molecule has 86 valence electrons. The van der Waals surface area contributed by atoms with Gasteiger partial charge in [0.05, 0.1) is 5.41 Å². The Kier molecular flexibility index (Phi) is 2.30. The van der Waals surface area contributed by atoms with E-state index in [4.69, 9.17) is 5.73 Å². The summed E-state index contributed by atoms with van der Waals surface area (Å²) in [5.74, 6) is 0.253. The number of nitrogen functional groups attached to an aromatic ring is 1. The van der Waals surface area contributed by atoms with Gasteiger partial charge in [-0.05, 0) is 42.0 Å². The molecule has 0 aliphatic heterocycles. The van der Waals surface area contributed by atoms with Gasteiger partial charge in [-0.25, -0.2) is 0 Å². The molecule has 2 aromatic rings. The van der Waals surface area contributed by atoms with Crippen LogP contribution in [0.1, 0.15) is 28.8 Å². The van der Waals surface area contributed by atoms with Gasteiger partial charge in [0.2, 0.25) is 0 Å². The first-order chi connectivity index (χ1) is 8.22. The minimum Gasteiger partial charge on any atom is -0.399 e. The third-order valence-electron chi connectivity index (χ3n) is 3.43. The maximum atomic E-state index is 12.5. The molecule has 1 heterocycles. The van der Waals surface area contributed by atoms with E-state index in [2.05, 4.69) is 0 Å². The van der Waals surface area contributed by atoms with Crippen LogP contribution < -0.4 is 5.73 Å². The topological polar surface area (TPSA) is 43.1 Å². The number of hydrogen-bond acceptors (Lipinski definition) is 3. The molecule has 2 nitrogen and oxygen atoms in total. The highest BCUT2D eigenvalue weighted by atomic mass is 32.1. The van der Waals surface area contributed by atoms with Crippen LogP contribution in [0.5, 0.6) is 0 Å². The first-order valence-corrected chi connectivity index (χ1v) is 6.60. The van der Waals surface area contributed by atoms with E-state index < -0.39 is 0 Å². The van der Waals surface area contributed by atoms with Gasteiger partial charge in [0.25, 0.3) is 0 Å². The molecule has 0 amide bonds. The predicted octanol–water partition coefficient (Wildman–Crippen LogP) is 3.24. The van der Waals surface area contributed by atoms with Crippen molar-refractivity contribution in [3.63, 3.8) is 0 Å². The normalized spacial score (nSPS) is 16.7. The summed E-state index contributed by atoms with van der Waals surface area (Å²) in [7, 11) is 0. The molecule has 0 radical (unpaired) electrons. The third kappa shape index (κ3) is 1.67. The first-order valence-electron chi connectivity index (χ1n) is 5.65. The Bertz CT molecular complexity index is 538. The van der Waals surface area contributed by atoms with Crippen molar-refractivity contribution in [1.82, 2.24) is 0 Å². The largest absolute Gasteiger partial charge is 0.399 e. The molecule has 1 aliphatic carbocycles. The molecule has 1 aliphatic rings. The SMILES string of the molecule is Nc1ccc(C2(C(=O)c3ccsc3)CC2)cc1. The Morgan fingerprint density at radius 1 is 1.18 bits per heavy atom. The first kappa shape index (κ1) is 10.5. The maximum absolute atomic E-state index is 12.5. The van der Waals surface area contributed by atoms with Gasteiger partial charge in [-0.15, -0.1) is 0 Å². The number of ketones is 1. The van der Waals surface area contributed by atoms with Crippen molar-refractivity contribution in [1.29, 1.82) is 0 Å². The number of carbonyl (C=O) groups is 1. The molecule has 1 fully saturated rings. The number of Topliss-reactive ketones (excluding diaryl/α,β-unsaturated/α-hetero) is 1. The van der Waals surface area contributed by atoms with Gasteiger partial charge in [0.15, 0.2) is 5.78 Å². The summed E-state index contributed by atoms with van der Waals surface area (Å²) < 4.78 is 0. The van der Waals surface area contributed by atoms with Crippen LogP contribution in [0.4, 0.5) is 5.69 Å². The molecule has 17 heavy (non-hydrogen) atoms. The van der Waals surface area contributed by atoms with Crippen LogP contribution in [0.15, 0.2) is 41.1 Å². The van der Waals surface area contributed by atoms with Gasteiger partial charge in [-0.1, -0.05) is 12.1 Å². The van der Waals surface area contributed by atoms with E-state index >= 15 is 0 Å². The Balaban J connectivity index is 1.97. The van der Waals surface area contributed by atoms with Crippen LogP contribution in [-0.4, -0.2) is 5.78 Å². The predicted molar refractivity (Wildman–Crippen MR) is 70.4 cm³/mol. The number of carbonyl (C=O) groups excluding carboxylic acids is 1. The van der Waals surface area contributed by atoms with Crippen LogP contribution in [0.2, 0.25) is 0 Å². The van der Waals surface area contributed by atoms with E-state index in [1.165, 1.54) is 0 Å². The Labute approximate surface area is 104 Å². The highest BCUT2D eigenvalue weighted by Gasteiger charge is 2.51. The second kappa shape index (κ2) is 3.70. The van der Waals surface area contributed by atoms with E-state index in [1.807, 2.05) is 41.1 Å². The summed E-state index contributed by atoms with van der Waals surface area (Å²) in [6.45, 7) is 0. The third-order valence-corrected chi connectivity index (χ3v) is 4.11. The van der Waals surface area contributed by atoms with Crippen LogP contribution in [0, 0.1) is 0 Å². The molecule has 2 N–H and O–H groups in total. The molecule has 0 spiro atoms. The summed E-state index contributed by atoms with van der Waals surface area (Å²) in [5, 5.41) is 3.88. The zero-order valence-electron chi connectivity index (χ0n) is 9.35. The molecular weight excluding hydrogens is 230 g/mol. The fourth-order valence-corrected chi connectivity index (χ4v) is 2.88. The van der Waals surface area contributed by atoms with Crippen molar-refractivity contribution in [3.8, 4) is 0 Å². The summed E-state index contributed by atoms with van der Waals surface area (Å²) in [6, 6.07) is 9.61. The van der Waals surface area contributed by atoms with E-state index in [-0.39, 0.29) is 11.2 Å². The van der Waals surface area contributed by atoms with Gasteiger partial charge in [0.1, 0.15) is 0 Å². The fraction of sp³-hybridized carbons (Fsp3) is 0.214. The lowest BCUT2D eigenvalue weighted by molar-refractivity contribution is 0.0946. The Hall–Kier alpha value is -1.61. The van der Waals surface area contributed by atoms with Gasteiger partial charge in [-0.2, -0.15) is 11.3 Å². The number of rotatable bonds is 3. The molecule has 0 unspecified atom stereocenters. The lowest BCUT2D eigenvalue weighted by atomic mass is 9.88. The lowest BCUT2D eigenvalue weighted by Crippen LogP contribution is -2.20. The quantitative estimate of drug-likeness (QED) is 0.664. The number of thiophene rings is 1. The van der Waals surface area contributed by atoms with Crippen molar-refractivity contribution in [2.75, 3.05) is 5.73 Å². The van der Waals surface area contributed by atoms with Crippen molar-refractivity contribution in [2.45, 2.75) is 18.3 Å². The number of anilines is 1. The molecular formula is C14H13NOS. The van der Waals surface area contributed by atoms with Crippen LogP contribution in [-0.2, 0) is 5.41 Å². The standard InChI is InChI=1S/C14H13NOS/c15-12-3-1-11(2-4-12)14(6-7-14)13(16)10-5-8-17-9-10/h1-5,8-9H,6-7,15H2. The second-order valence-corrected chi connectivity index (χ2v) is 5.33. The smallest absolute Gasteiger partial charge is 0.174 e. The summed E-state index contributed by atoms with van der Waals surface area (Å²) in [5.41, 5.74) is 8.09. The summed E-state index contributed by atoms with van der Waals surface area (Å²) in [4.78, 5) is 12.5. The number of benzene rings is 1. The Morgan fingerprint density at radius 2 is 1.88 bits per heavy atom. The summed E-state index contributed by atoms with van der Waals surface area (Å²) in [6.07, 6.45) is 1.90. The minimum atomic E-state index is -0.269. The number of nitrogens with two attached hydrogens (primary N) is 1. The van der Waals surface area contributed by atoms with E-state index in [9.17, 15) is 4.79 Å². The van der Waals surface area contributed by atoms with Crippen LogP contribution in [0.3, 0.4) is 0 Å². The molecule has 1 saturated carbocycles. The minimum absolute atomic E-state index is 0.253. The average Bonchev–Trinajstić information content (AvgIpc) is 2.97. The maximum Gasteiger partial charge on any atom is 0.174 e. The van der Waals surface area contributed by atoms with Crippen LogP contribution >= 0.6 is 11.3 Å². The Morgan fingerprint density at radius 3 is 2.41 bits per heavy atom. The van der Waals surface area contributed by atoms with Crippen molar-refractivity contribution in [2.24, 2.45) is 0 Å². The molecule has 1 aromatic carbocycles. The lowest BCUT2D eigenvalue weighted by Gasteiger charge is -2.13. The zero-order chi connectivity index (χ0) is 11.9. The highest BCUT2D eigenvalue weighted by molar-refractivity contribution is 7.08. The average molecular weight is 243 g/mol. The van der Waals surface area contributed by atoms with Crippen LogP contribution in [0.25, 0.3) is 0 Å². The van der Waals surface area contributed by atoms with E-state index in [0.717, 1.165) is 29.7 Å². The molecule has 0 atom stereocenters. The molecule has 0 bridgehead atoms. The van der Waals surface area contributed by atoms with Gasteiger partial charge < -0.3 is 5.73 Å².